The van der Waals surface area contributed by atoms with Gasteiger partial charge in [0.2, 0.25) is 0 Å². The van der Waals surface area contributed by atoms with Crippen molar-refractivity contribution < 1.29 is 17.9 Å². The van der Waals surface area contributed by atoms with Crippen LogP contribution in [0.3, 0.4) is 0 Å². The third-order valence-electron chi connectivity index (χ3n) is 6.07. The summed E-state index contributed by atoms with van der Waals surface area (Å²) in [6.45, 7) is 8.37. The third kappa shape index (κ3) is 5.42. The van der Waals surface area contributed by atoms with Crippen LogP contribution in [0.5, 0.6) is 5.75 Å². The van der Waals surface area contributed by atoms with E-state index in [9.17, 15) is 13.2 Å². The molecule has 2 aromatic rings. The maximum atomic E-state index is 14.9. The standard InChI is InChI=1S/C25H29F3N2O/c1-3-17(2)29-12-18-4-6-19(7-5-18)13-30-14-20-8-9-22(10-23(20)24(26)15-30)31-16-21-11-25(21,27)28/h4-10,21,24,29H,2-3,11-16H2,1H3. The van der Waals surface area contributed by atoms with Gasteiger partial charge in [0.15, 0.2) is 0 Å². The van der Waals surface area contributed by atoms with Crippen LogP contribution in [0.15, 0.2) is 54.7 Å². The van der Waals surface area contributed by atoms with Crippen LogP contribution in [0.2, 0.25) is 0 Å². The number of alkyl halides is 3. The third-order valence-corrected chi connectivity index (χ3v) is 6.07. The van der Waals surface area contributed by atoms with E-state index in [1.165, 1.54) is 5.56 Å². The molecule has 3 nitrogen and oxygen atoms in total. The summed E-state index contributed by atoms with van der Waals surface area (Å²) in [6, 6.07) is 13.6. The maximum Gasteiger partial charge on any atom is 0.255 e. The van der Waals surface area contributed by atoms with Gasteiger partial charge in [0.25, 0.3) is 5.92 Å². The molecule has 1 N–H and O–H groups in total. The van der Waals surface area contributed by atoms with Crippen molar-refractivity contribution in [3.8, 4) is 5.75 Å². The van der Waals surface area contributed by atoms with Gasteiger partial charge in [-0.1, -0.05) is 43.8 Å². The molecular formula is C25H29F3N2O. The van der Waals surface area contributed by atoms with Crippen LogP contribution in [0.4, 0.5) is 13.2 Å². The zero-order chi connectivity index (χ0) is 22.0. The largest absolute Gasteiger partial charge is 0.493 e. The molecule has 0 aromatic heterocycles. The van der Waals surface area contributed by atoms with Crippen molar-refractivity contribution >= 4 is 0 Å². The van der Waals surface area contributed by atoms with Gasteiger partial charge in [-0.05, 0) is 40.8 Å². The summed E-state index contributed by atoms with van der Waals surface area (Å²) in [4.78, 5) is 2.09. The van der Waals surface area contributed by atoms with E-state index in [-0.39, 0.29) is 13.0 Å². The highest BCUT2D eigenvalue weighted by Crippen LogP contribution is 2.48. The molecule has 6 heteroatoms. The van der Waals surface area contributed by atoms with Crippen molar-refractivity contribution in [2.75, 3.05) is 13.2 Å². The summed E-state index contributed by atoms with van der Waals surface area (Å²) in [5.74, 6) is -2.85. The molecule has 1 saturated carbocycles. The van der Waals surface area contributed by atoms with Crippen molar-refractivity contribution in [3.63, 3.8) is 0 Å². The highest BCUT2D eigenvalue weighted by Gasteiger charge is 2.57. The Morgan fingerprint density at radius 3 is 2.58 bits per heavy atom. The number of nitrogens with zero attached hydrogens (tertiary/aromatic N) is 1. The molecule has 0 amide bonds. The lowest BCUT2D eigenvalue weighted by Gasteiger charge is -2.31. The van der Waals surface area contributed by atoms with Crippen LogP contribution >= 0.6 is 0 Å². The molecule has 2 unspecified atom stereocenters. The number of rotatable bonds is 9. The maximum absolute atomic E-state index is 14.9. The first-order chi connectivity index (χ1) is 14.8. The molecule has 0 spiro atoms. The van der Waals surface area contributed by atoms with Crippen LogP contribution in [0, 0.1) is 5.92 Å². The van der Waals surface area contributed by atoms with Gasteiger partial charge < -0.3 is 10.1 Å². The first-order valence-corrected chi connectivity index (χ1v) is 10.8. The molecule has 1 fully saturated rings. The second-order valence-electron chi connectivity index (χ2n) is 8.60. The summed E-state index contributed by atoms with van der Waals surface area (Å²) in [5.41, 5.74) is 4.86. The molecule has 2 aromatic carbocycles. The van der Waals surface area contributed by atoms with Gasteiger partial charge in [0, 0.05) is 38.3 Å². The van der Waals surface area contributed by atoms with Crippen LogP contribution in [0.1, 0.15) is 48.2 Å². The number of allylic oxidation sites excluding steroid dienone is 1. The average molecular weight is 431 g/mol. The lowest BCUT2D eigenvalue weighted by atomic mass is 9.97. The molecule has 31 heavy (non-hydrogen) atoms. The molecule has 1 heterocycles. The van der Waals surface area contributed by atoms with Gasteiger partial charge in [-0.3, -0.25) is 4.90 Å². The Morgan fingerprint density at radius 1 is 1.19 bits per heavy atom. The molecule has 1 aliphatic heterocycles. The zero-order valence-electron chi connectivity index (χ0n) is 17.8. The number of ether oxygens (including phenoxy) is 1. The quantitative estimate of drug-likeness (QED) is 0.547. The molecule has 2 atom stereocenters. The molecular weight excluding hydrogens is 401 g/mol. The Morgan fingerprint density at radius 2 is 1.90 bits per heavy atom. The minimum absolute atomic E-state index is 0.0209. The molecule has 0 saturated heterocycles. The molecule has 1 aliphatic carbocycles. The topological polar surface area (TPSA) is 24.5 Å². The minimum Gasteiger partial charge on any atom is -0.493 e. The lowest BCUT2D eigenvalue weighted by molar-refractivity contribution is 0.0855. The van der Waals surface area contributed by atoms with E-state index >= 15 is 0 Å². The Hall–Kier alpha value is -2.47. The Labute approximate surface area is 181 Å². The molecule has 4 rings (SSSR count). The van der Waals surface area contributed by atoms with E-state index in [0.29, 0.717) is 30.9 Å². The Balaban J connectivity index is 1.33. The van der Waals surface area contributed by atoms with Crippen LogP contribution in [-0.4, -0.2) is 24.0 Å². The van der Waals surface area contributed by atoms with Crippen molar-refractivity contribution in [2.45, 2.75) is 51.5 Å². The molecule has 166 valence electrons. The Bertz CT molecular complexity index is 929. The number of hydrogen-bond donors (Lipinski definition) is 1. The Kier molecular flexibility index (Phi) is 6.28. The summed E-state index contributed by atoms with van der Waals surface area (Å²) in [7, 11) is 0. The predicted molar refractivity (Wildman–Crippen MR) is 116 cm³/mol. The summed E-state index contributed by atoms with van der Waals surface area (Å²) >= 11 is 0. The van der Waals surface area contributed by atoms with E-state index in [0.717, 1.165) is 29.8 Å². The number of fused-ring (bicyclic) bond motifs is 1. The highest BCUT2D eigenvalue weighted by atomic mass is 19.3. The van der Waals surface area contributed by atoms with Crippen LogP contribution in [0.25, 0.3) is 0 Å². The van der Waals surface area contributed by atoms with E-state index in [1.807, 2.05) is 6.07 Å². The number of nitrogens with one attached hydrogen (secondary N) is 1. The van der Waals surface area contributed by atoms with Crippen molar-refractivity contribution in [1.29, 1.82) is 0 Å². The molecule has 0 bridgehead atoms. The van der Waals surface area contributed by atoms with Gasteiger partial charge in [-0.15, -0.1) is 0 Å². The smallest absolute Gasteiger partial charge is 0.255 e. The number of hydrogen-bond acceptors (Lipinski definition) is 3. The van der Waals surface area contributed by atoms with Gasteiger partial charge in [-0.25, -0.2) is 13.2 Å². The average Bonchev–Trinajstić information content (AvgIpc) is 3.38. The van der Waals surface area contributed by atoms with Crippen LogP contribution in [-0.2, 0) is 19.6 Å². The van der Waals surface area contributed by atoms with E-state index < -0.39 is 18.0 Å². The zero-order valence-corrected chi connectivity index (χ0v) is 17.8. The monoisotopic (exact) mass is 430 g/mol. The predicted octanol–water partition coefficient (Wildman–Crippen LogP) is 5.76. The summed E-state index contributed by atoms with van der Waals surface area (Å²) in [5, 5.41) is 3.29. The van der Waals surface area contributed by atoms with Gasteiger partial charge in [0.1, 0.15) is 11.9 Å². The van der Waals surface area contributed by atoms with Gasteiger partial charge >= 0.3 is 0 Å². The lowest BCUT2D eigenvalue weighted by Crippen LogP contribution is -2.31. The van der Waals surface area contributed by atoms with Gasteiger partial charge in [0.05, 0.1) is 12.5 Å². The van der Waals surface area contributed by atoms with Crippen molar-refractivity contribution in [1.82, 2.24) is 10.2 Å². The highest BCUT2D eigenvalue weighted by molar-refractivity contribution is 5.39. The normalized spacial score (nSPS) is 21.9. The van der Waals surface area contributed by atoms with Crippen LogP contribution < -0.4 is 10.1 Å². The van der Waals surface area contributed by atoms with E-state index in [4.69, 9.17) is 4.74 Å². The summed E-state index contributed by atoms with van der Waals surface area (Å²) in [6.07, 6.45) is -0.342. The summed E-state index contributed by atoms with van der Waals surface area (Å²) < 4.78 is 46.4. The minimum atomic E-state index is -2.60. The van der Waals surface area contributed by atoms with Crippen molar-refractivity contribution in [2.24, 2.45) is 5.92 Å². The fourth-order valence-electron chi connectivity index (χ4n) is 3.87. The fraction of sp³-hybridized carbons (Fsp3) is 0.440. The van der Waals surface area contributed by atoms with E-state index in [2.05, 4.69) is 48.0 Å². The molecule has 0 radical (unpaired) electrons. The number of benzene rings is 2. The molecule has 2 aliphatic rings. The number of halogens is 3. The second-order valence-corrected chi connectivity index (χ2v) is 8.60. The fourth-order valence-corrected chi connectivity index (χ4v) is 3.87. The van der Waals surface area contributed by atoms with E-state index in [1.54, 1.807) is 12.1 Å². The first-order valence-electron chi connectivity index (χ1n) is 10.8. The first kappa shape index (κ1) is 21.8. The van der Waals surface area contributed by atoms with Gasteiger partial charge in [-0.2, -0.15) is 0 Å². The SMILES string of the molecule is C=C(CC)NCc1ccc(CN2Cc3ccc(OCC4CC4(F)F)cc3C(F)C2)cc1. The van der Waals surface area contributed by atoms with Crippen molar-refractivity contribution in [3.05, 3.63) is 77.0 Å². The second kappa shape index (κ2) is 8.95.